The van der Waals surface area contributed by atoms with Crippen LogP contribution in [0.3, 0.4) is 0 Å². The molecule has 0 N–H and O–H groups in total. The van der Waals surface area contributed by atoms with Crippen molar-refractivity contribution in [2.75, 3.05) is 51.3 Å². The number of anilines is 1. The van der Waals surface area contributed by atoms with Gasteiger partial charge < -0.3 is 9.64 Å². The van der Waals surface area contributed by atoms with Gasteiger partial charge in [0.25, 0.3) is 0 Å². The second kappa shape index (κ2) is 7.17. The van der Waals surface area contributed by atoms with Crippen LogP contribution in [0, 0.1) is 0 Å². The topological polar surface area (TPSA) is 45.1 Å². The Bertz CT molecular complexity index is 468. The zero-order valence-corrected chi connectivity index (χ0v) is 11.9. The molecule has 1 saturated heterocycles. The smallest absolute Gasteiger partial charge is 0.152 e. The Balaban J connectivity index is 2.00. The van der Waals surface area contributed by atoms with Crippen LogP contribution in [0.2, 0.25) is 0 Å². The van der Waals surface area contributed by atoms with E-state index in [1.54, 1.807) is 7.11 Å². The van der Waals surface area contributed by atoms with E-state index in [2.05, 4.69) is 21.5 Å². The predicted octanol–water partition coefficient (Wildman–Crippen LogP) is 1.60. The summed E-state index contributed by atoms with van der Waals surface area (Å²) in [5.41, 5.74) is 2.31. The number of aldehydes is 1. The van der Waals surface area contributed by atoms with Gasteiger partial charge in [0.2, 0.25) is 0 Å². The molecule has 0 amide bonds. The van der Waals surface area contributed by atoms with Gasteiger partial charge in [0.15, 0.2) is 6.29 Å². The van der Waals surface area contributed by atoms with Gasteiger partial charge in [0, 0.05) is 51.1 Å². The molecule has 0 aromatic heterocycles. The van der Waals surface area contributed by atoms with Crippen molar-refractivity contribution >= 4 is 24.4 Å². The van der Waals surface area contributed by atoms with Gasteiger partial charge >= 0.3 is 0 Å². The van der Waals surface area contributed by atoms with Gasteiger partial charge in [0.1, 0.15) is 0 Å². The fraction of sp³-hybridized carbons (Fsp3) is 0.467. The van der Waals surface area contributed by atoms with Gasteiger partial charge in [-0.2, -0.15) is 0 Å². The SMILES string of the molecule is C=Nc1ccc(N2CCN(CCOC)CC2)cc1C=O. The molecule has 108 valence electrons. The average molecular weight is 275 g/mol. The van der Waals surface area contributed by atoms with E-state index < -0.39 is 0 Å². The first-order valence-electron chi connectivity index (χ1n) is 6.80. The molecule has 1 heterocycles. The van der Waals surface area contributed by atoms with Crippen molar-refractivity contribution in [2.24, 2.45) is 4.99 Å². The lowest BCUT2D eigenvalue weighted by Gasteiger charge is -2.36. The summed E-state index contributed by atoms with van der Waals surface area (Å²) in [6.07, 6.45) is 0.836. The predicted molar refractivity (Wildman–Crippen MR) is 81.6 cm³/mol. The maximum absolute atomic E-state index is 11.1. The summed E-state index contributed by atoms with van der Waals surface area (Å²) in [7, 11) is 1.73. The number of hydrogen-bond donors (Lipinski definition) is 0. The lowest BCUT2D eigenvalue weighted by molar-refractivity contribution is 0.112. The first-order valence-corrected chi connectivity index (χ1v) is 6.80. The molecule has 0 unspecified atom stereocenters. The van der Waals surface area contributed by atoms with Gasteiger partial charge in [0.05, 0.1) is 12.3 Å². The maximum atomic E-state index is 11.1. The van der Waals surface area contributed by atoms with Crippen LogP contribution >= 0.6 is 0 Å². The molecule has 1 aliphatic rings. The minimum atomic E-state index is 0.597. The highest BCUT2D eigenvalue weighted by Gasteiger charge is 2.17. The van der Waals surface area contributed by atoms with Crippen LogP contribution in [0.4, 0.5) is 11.4 Å². The van der Waals surface area contributed by atoms with Gasteiger partial charge in [-0.3, -0.25) is 14.7 Å². The second-order valence-electron chi connectivity index (χ2n) is 4.84. The fourth-order valence-electron chi connectivity index (χ4n) is 2.43. The average Bonchev–Trinajstić information content (AvgIpc) is 2.52. The Kier molecular flexibility index (Phi) is 5.26. The minimum absolute atomic E-state index is 0.597. The van der Waals surface area contributed by atoms with Crippen molar-refractivity contribution in [1.29, 1.82) is 0 Å². The van der Waals surface area contributed by atoms with Crippen molar-refractivity contribution in [3.63, 3.8) is 0 Å². The quantitative estimate of drug-likeness (QED) is 0.584. The zero-order valence-electron chi connectivity index (χ0n) is 11.9. The van der Waals surface area contributed by atoms with Gasteiger partial charge in [-0.25, -0.2) is 0 Å². The van der Waals surface area contributed by atoms with Gasteiger partial charge in [-0.05, 0) is 24.9 Å². The minimum Gasteiger partial charge on any atom is -0.383 e. The summed E-state index contributed by atoms with van der Waals surface area (Å²) < 4.78 is 5.10. The van der Waals surface area contributed by atoms with Crippen LogP contribution < -0.4 is 4.90 Å². The molecule has 1 aromatic carbocycles. The Morgan fingerprint density at radius 3 is 2.70 bits per heavy atom. The van der Waals surface area contributed by atoms with Crippen molar-refractivity contribution in [3.8, 4) is 0 Å². The monoisotopic (exact) mass is 275 g/mol. The molecule has 5 nitrogen and oxygen atoms in total. The number of hydrogen-bond acceptors (Lipinski definition) is 5. The molecular weight excluding hydrogens is 254 g/mol. The number of piperazine rings is 1. The standard InChI is InChI=1S/C15H21N3O2/c1-16-15-4-3-14(11-13(15)12-19)18-7-5-17(6-8-18)9-10-20-2/h3-4,11-12H,1,5-10H2,2H3. The summed E-state index contributed by atoms with van der Waals surface area (Å²) in [5.74, 6) is 0. The zero-order chi connectivity index (χ0) is 14.4. The number of methoxy groups -OCH3 is 1. The number of rotatable bonds is 6. The van der Waals surface area contributed by atoms with Crippen molar-refractivity contribution in [1.82, 2.24) is 4.90 Å². The van der Waals surface area contributed by atoms with Crippen LogP contribution in [0.1, 0.15) is 10.4 Å². The Morgan fingerprint density at radius 1 is 1.35 bits per heavy atom. The van der Waals surface area contributed by atoms with Crippen molar-refractivity contribution in [3.05, 3.63) is 23.8 Å². The van der Waals surface area contributed by atoms with Crippen molar-refractivity contribution < 1.29 is 9.53 Å². The normalized spacial score (nSPS) is 16.1. The Labute approximate surface area is 119 Å². The lowest BCUT2D eigenvalue weighted by Crippen LogP contribution is -2.47. The third-order valence-electron chi connectivity index (χ3n) is 3.66. The van der Waals surface area contributed by atoms with E-state index in [9.17, 15) is 4.79 Å². The van der Waals surface area contributed by atoms with E-state index >= 15 is 0 Å². The molecular formula is C15H21N3O2. The highest BCUT2D eigenvalue weighted by Crippen LogP contribution is 2.24. The Hall–Kier alpha value is -1.72. The first-order chi connectivity index (χ1) is 9.78. The molecule has 0 bridgehead atoms. The van der Waals surface area contributed by atoms with Crippen LogP contribution in [0.5, 0.6) is 0 Å². The summed E-state index contributed by atoms with van der Waals surface area (Å²) in [6.45, 7) is 9.18. The van der Waals surface area contributed by atoms with Crippen LogP contribution in [-0.4, -0.2) is 64.3 Å². The van der Waals surface area contributed by atoms with E-state index in [4.69, 9.17) is 4.74 Å². The molecule has 20 heavy (non-hydrogen) atoms. The van der Waals surface area contributed by atoms with E-state index in [0.717, 1.165) is 51.3 Å². The third-order valence-corrected chi connectivity index (χ3v) is 3.66. The third kappa shape index (κ3) is 3.43. The van der Waals surface area contributed by atoms with Crippen molar-refractivity contribution in [2.45, 2.75) is 0 Å². The van der Waals surface area contributed by atoms with Crippen LogP contribution in [0.15, 0.2) is 23.2 Å². The summed E-state index contributed by atoms with van der Waals surface area (Å²) in [6, 6.07) is 5.74. The molecule has 0 atom stereocenters. The molecule has 1 aromatic rings. The first kappa shape index (κ1) is 14.7. The summed E-state index contributed by atoms with van der Waals surface area (Å²) >= 11 is 0. The second-order valence-corrected chi connectivity index (χ2v) is 4.84. The highest BCUT2D eigenvalue weighted by molar-refractivity contribution is 5.85. The highest BCUT2D eigenvalue weighted by atomic mass is 16.5. The molecule has 5 heteroatoms. The largest absolute Gasteiger partial charge is 0.383 e. The molecule has 1 aliphatic heterocycles. The molecule has 1 fully saturated rings. The van der Waals surface area contributed by atoms with E-state index in [1.165, 1.54) is 0 Å². The molecule has 0 spiro atoms. The molecule has 0 aliphatic carbocycles. The molecule has 2 rings (SSSR count). The molecule has 0 radical (unpaired) electrons. The number of carbonyl (C=O) groups excluding carboxylic acids is 1. The van der Waals surface area contributed by atoms with Crippen LogP contribution in [0.25, 0.3) is 0 Å². The Morgan fingerprint density at radius 2 is 2.10 bits per heavy atom. The van der Waals surface area contributed by atoms with E-state index in [1.807, 2.05) is 18.2 Å². The number of carbonyl (C=O) groups is 1. The summed E-state index contributed by atoms with van der Waals surface area (Å²) in [4.78, 5) is 19.6. The number of ether oxygens (including phenoxy) is 1. The number of benzene rings is 1. The maximum Gasteiger partial charge on any atom is 0.152 e. The van der Waals surface area contributed by atoms with Gasteiger partial charge in [-0.15, -0.1) is 0 Å². The molecule has 0 saturated carbocycles. The fourth-order valence-corrected chi connectivity index (χ4v) is 2.43. The lowest BCUT2D eigenvalue weighted by atomic mass is 10.1. The van der Waals surface area contributed by atoms with Gasteiger partial charge in [-0.1, -0.05) is 0 Å². The number of aliphatic imine (C=N–C) groups is 1. The van der Waals surface area contributed by atoms with E-state index in [-0.39, 0.29) is 0 Å². The van der Waals surface area contributed by atoms with E-state index in [0.29, 0.717) is 11.3 Å². The number of nitrogens with zero attached hydrogens (tertiary/aromatic N) is 3. The van der Waals surface area contributed by atoms with Crippen LogP contribution in [-0.2, 0) is 4.74 Å². The summed E-state index contributed by atoms with van der Waals surface area (Å²) in [5, 5.41) is 0.